The summed E-state index contributed by atoms with van der Waals surface area (Å²) in [5, 5.41) is 0. The van der Waals surface area contributed by atoms with Crippen LogP contribution in [0.15, 0.2) is 53.2 Å². The summed E-state index contributed by atoms with van der Waals surface area (Å²) in [6.45, 7) is 3.99. The second-order valence-corrected chi connectivity index (χ2v) is 8.01. The Hall–Kier alpha value is -1.42. The van der Waals surface area contributed by atoms with Crippen LogP contribution in [0.3, 0.4) is 0 Å². The molecular weight excluding hydrogens is 544 g/mol. The van der Waals surface area contributed by atoms with Crippen molar-refractivity contribution in [2.24, 2.45) is 4.99 Å². The molecule has 0 unspecified atom stereocenters. The van der Waals surface area contributed by atoms with E-state index in [1.165, 1.54) is 0 Å². The van der Waals surface area contributed by atoms with Crippen LogP contribution in [0.5, 0.6) is 5.75 Å². The van der Waals surface area contributed by atoms with Gasteiger partial charge >= 0.3 is 5.97 Å². The molecule has 0 spiro atoms. The lowest BCUT2D eigenvalue weighted by Gasteiger charge is -2.14. The maximum atomic E-state index is 12.1. The molecular formula is C19H15I2NO3. The molecule has 0 N–H and O–H groups in total. The largest absolute Gasteiger partial charge is 0.489 e. The molecule has 6 heteroatoms. The molecule has 1 aliphatic rings. The van der Waals surface area contributed by atoms with Crippen molar-refractivity contribution >= 4 is 63.1 Å². The number of halogens is 2. The molecule has 1 heterocycles. The highest BCUT2D eigenvalue weighted by Crippen LogP contribution is 2.31. The number of rotatable bonds is 4. The Morgan fingerprint density at radius 1 is 1.12 bits per heavy atom. The summed E-state index contributed by atoms with van der Waals surface area (Å²) in [5.41, 5.74) is 1.96. The van der Waals surface area contributed by atoms with Crippen LogP contribution < -0.4 is 4.74 Å². The van der Waals surface area contributed by atoms with E-state index in [4.69, 9.17) is 9.47 Å². The zero-order valence-electron chi connectivity index (χ0n) is 13.6. The van der Waals surface area contributed by atoms with Gasteiger partial charge in [-0.05, 0) is 94.9 Å². The molecule has 128 valence electrons. The minimum absolute atomic E-state index is 0.106. The fraction of sp³-hybridized carbons (Fsp3) is 0.158. The first-order valence-electron chi connectivity index (χ1n) is 7.67. The van der Waals surface area contributed by atoms with Crippen molar-refractivity contribution in [1.29, 1.82) is 0 Å². The third-order valence-corrected chi connectivity index (χ3v) is 4.92. The Balaban J connectivity index is 1.93. The summed E-state index contributed by atoms with van der Waals surface area (Å²) in [6, 6.07) is 13.3. The molecule has 0 aromatic heterocycles. The third-order valence-electron chi connectivity index (χ3n) is 3.32. The Bertz CT molecular complexity index is 850. The second kappa shape index (κ2) is 7.86. The van der Waals surface area contributed by atoms with E-state index in [-0.39, 0.29) is 6.10 Å². The van der Waals surface area contributed by atoms with Crippen LogP contribution in [0.25, 0.3) is 6.08 Å². The Labute approximate surface area is 173 Å². The molecule has 0 amide bonds. The van der Waals surface area contributed by atoms with Crippen LogP contribution in [0.1, 0.15) is 25.0 Å². The lowest BCUT2D eigenvalue weighted by Crippen LogP contribution is -2.08. The molecule has 2 aromatic carbocycles. The van der Waals surface area contributed by atoms with E-state index in [0.29, 0.717) is 11.6 Å². The minimum atomic E-state index is -0.439. The molecule has 0 saturated carbocycles. The van der Waals surface area contributed by atoms with E-state index in [1.54, 1.807) is 6.08 Å². The van der Waals surface area contributed by atoms with Crippen LogP contribution in [0.2, 0.25) is 0 Å². The number of carbonyl (C=O) groups excluding carboxylic acids is 1. The van der Waals surface area contributed by atoms with Gasteiger partial charge in [0.2, 0.25) is 5.90 Å². The van der Waals surface area contributed by atoms with Gasteiger partial charge in [-0.15, -0.1) is 0 Å². The molecule has 0 saturated heterocycles. The maximum absolute atomic E-state index is 12.1. The molecule has 0 radical (unpaired) electrons. The average molecular weight is 559 g/mol. The predicted octanol–water partition coefficient (Wildman–Crippen LogP) is 5.03. The lowest BCUT2D eigenvalue weighted by atomic mass is 10.2. The van der Waals surface area contributed by atoms with Gasteiger partial charge in [0, 0.05) is 5.56 Å². The smallest absolute Gasteiger partial charge is 0.363 e. The van der Waals surface area contributed by atoms with E-state index in [0.717, 1.165) is 24.0 Å². The summed E-state index contributed by atoms with van der Waals surface area (Å²) in [7, 11) is 0. The van der Waals surface area contributed by atoms with Crippen molar-refractivity contribution in [1.82, 2.24) is 0 Å². The summed E-state index contributed by atoms with van der Waals surface area (Å²) < 4.78 is 13.1. The number of benzene rings is 2. The summed E-state index contributed by atoms with van der Waals surface area (Å²) in [5.74, 6) is 0.758. The van der Waals surface area contributed by atoms with Crippen LogP contribution >= 0.6 is 45.2 Å². The van der Waals surface area contributed by atoms with Crippen LogP contribution in [0, 0.1) is 7.14 Å². The summed E-state index contributed by atoms with van der Waals surface area (Å²) in [6.07, 6.45) is 1.84. The summed E-state index contributed by atoms with van der Waals surface area (Å²) in [4.78, 5) is 16.4. The Morgan fingerprint density at radius 3 is 2.36 bits per heavy atom. The second-order valence-electron chi connectivity index (χ2n) is 5.68. The quantitative estimate of drug-likeness (QED) is 0.300. The first-order valence-corrected chi connectivity index (χ1v) is 9.83. The first kappa shape index (κ1) is 18.4. The van der Waals surface area contributed by atoms with Crippen molar-refractivity contribution in [3.8, 4) is 5.75 Å². The van der Waals surface area contributed by atoms with Gasteiger partial charge in [0.25, 0.3) is 0 Å². The van der Waals surface area contributed by atoms with Gasteiger partial charge in [-0.25, -0.2) is 9.79 Å². The first-order chi connectivity index (χ1) is 11.9. The van der Waals surface area contributed by atoms with Gasteiger partial charge in [0.15, 0.2) is 5.70 Å². The van der Waals surface area contributed by atoms with Crippen LogP contribution in [-0.4, -0.2) is 18.0 Å². The highest BCUT2D eigenvalue weighted by Gasteiger charge is 2.24. The zero-order valence-corrected chi connectivity index (χ0v) is 17.9. The number of carbonyl (C=O) groups is 1. The lowest BCUT2D eigenvalue weighted by molar-refractivity contribution is -0.129. The van der Waals surface area contributed by atoms with Crippen molar-refractivity contribution in [3.63, 3.8) is 0 Å². The molecule has 25 heavy (non-hydrogen) atoms. The zero-order chi connectivity index (χ0) is 18.0. The SMILES string of the molecule is CC(C)Oc1c(I)cc(/C=C2\N=C(c3ccccc3)OC2=O)cc1I. The van der Waals surface area contributed by atoms with E-state index in [9.17, 15) is 4.79 Å². The number of ether oxygens (including phenoxy) is 2. The molecule has 0 fully saturated rings. The number of cyclic esters (lactones) is 1. The van der Waals surface area contributed by atoms with E-state index < -0.39 is 5.97 Å². The minimum Gasteiger partial charge on any atom is -0.489 e. The fourth-order valence-corrected chi connectivity index (χ4v) is 4.35. The molecule has 4 nitrogen and oxygen atoms in total. The Morgan fingerprint density at radius 2 is 1.76 bits per heavy atom. The van der Waals surface area contributed by atoms with Gasteiger partial charge < -0.3 is 9.47 Å². The molecule has 0 bridgehead atoms. The number of hydrogen-bond donors (Lipinski definition) is 0. The van der Waals surface area contributed by atoms with Crippen molar-refractivity contribution in [2.75, 3.05) is 0 Å². The molecule has 0 atom stereocenters. The van der Waals surface area contributed by atoms with E-state index >= 15 is 0 Å². The third kappa shape index (κ3) is 4.41. The van der Waals surface area contributed by atoms with Crippen LogP contribution in [0.4, 0.5) is 0 Å². The maximum Gasteiger partial charge on any atom is 0.363 e. The monoisotopic (exact) mass is 559 g/mol. The predicted molar refractivity (Wildman–Crippen MR) is 115 cm³/mol. The van der Waals surface area contributed by atoms with Crippen molar-refractivity contribution < 1.29 is 14.3 Å². The van der Waals surface area contributed by atoms with Gasteiger partial charge in [-0.3, -0.25) is 0 Å². The Kier molecular flexibility index (Phi) is 5.78. The van der Waals surface area contributed by atoms with Gasteiger partial charge in [0.05, 0.1) is 13.2 Å². The standard InChI is InChI=1S/C19H15I2NO3/c1-11(2)24-17-14(20)8-12(9-15(17)21)10-16-19(23)25-18(22-16)13-6-4-3-5-7-13/h3-11H,1-2H3/b16-10-. The highest BCUT2D eigenvalue weighted by molar-refractivity contribution is 14.1. The van der Waals surface area contributed by atoms with Gasteiger partial charge in [0.1, 0.15) is 5.75 Å². The van der Waals surface area contributed by atoms with Crippen molar-refractivity contribution in [3.05, 3.63) is 66.4 Å². The van der Waals surface area contributed by atoms with Gasteiger partial charge in [-0.1, -0.05) is 18.2 Å². The average Bonchev–Trinajstić information content (AvgIpc) is 2.92. The molecule has 3 rings (SSSR count). The van der Waals surface area contributed by atoms with Gasteiger partial charge in [-0.2, -0.15) is 0 Å². The molecule has 1 aliphatic heterocycles. The number of esters is 1. The fourth-order valence-electron chi connectivity index (χ4n) is 2.28. The van der Waals surface area contributed by atoms with E-state index in [1.807, 2.05) is 56.3 Å². The number of hydrogen-bond acceptors (Lipinski definition) is 4. The normalized spacial score (nSPS) is 15.5. The topological polar surface area (TPSA) is 47.9 Å². The number of nitrogens with zero attached hydrogens (tertiary/aromatic N) is 1. The highest BCUT2D eigenvalue weighted by atomic mass is 127. The van der Waals surface area contributed by atoms with Crippen molar-refractivity contribution in [2.45, 2.75) is 20.0 Å². The number of aliphatic imine (C=N–C) groups is 1. The van der Waals surface area contributed by atoms with E-state index in [2.05, 4.69) is 50.2 Å². The van der Waals surface area contributed by atoms with Crippen LogP contribution in [-0.2, 0) is 9.53 Å². The molecule has 2 aromatic rings. The molecule has 0 aliphatic carbocycles. The summed E-state index contributed by atoms with van der Waals surface area (Å²) >= 11 is 4.48.